The van der Waals surface area contributed by atoms with E-state index in [1.165, 1.54) is 32.4 Å². The molecule has 2 saturated heterocycles. The molecule has 3 unspecified atom stereocenters. The van der Waals surface area contributed by atoms with Gasteiger partial charge in [0, 0.05) is 45.3 Å². The summed E-state index contributed by atoms with van der Waals surface area (Å²) in [5.74, 6) is 0. The quantitative estimate of drug-likeness (QED) is 0.793. The molecule has 0 radical (unpaired) electrons. The molecular weight excluding hydrogens is 226 g/mol. The fraction of sp³-hybridized carbons (Fsp3) is 1.00. The molecule has 4 heteroatoms. The lowest BCUT2D eigenvalue weighted by molar-refractivity contribution is 0.0143. The van der Waals surface area contributed by atoms with Crippen LogP contribution in [0, 0.1) is 0 Å². The van der Waals surface area contributed by atoms with E-state index in [1.807, 2.05) is 0 Å². The number of nitrogens with two attached hydrogens (primary N) is 1. The van der Waals surface area contributed by atoms with Crippen LogP contribution in [0.4, 0.5) is 0 Å². The average Bonchev–Trinajstić information content (AvgIpc) is 2.78. The van der Waals surface area contributed by atoms with Gasteiger partial charge in [-0.1, -0.05) is 6.92 Å². The maximum atomic E-state index is 5.91. The van der Waals surface area contributed by atoms with Crippen molar-refractivity contribution in [1.29, 1.82) is 0 Å². The molecule has 0 amide bonds. The van der Waals surface area contributed by atoms with Gasteiger partial charge in [-0.15, -0.1) is 0 Å². The Labute approximate surface area is 111 Å². The summed E-state index contributed by atoms with van der Waals surface area (Å²) in [5.41, 5.74) is 5.82. The summed E-state index contributed by atoms with van der Waals surface area (Å²) >= 11 is 0. The van der Waals surface area contributed by atoms with E-state index in [0.717, 1.165) is 26.2 Å². The van der Waals surface area contributed by atoms with E-state index in [1.54, 1.807) is 0 Å². The minimum Gasteiger partial charge on any atom is -0.374 e. The molecule has 18 heavy (non-hydrogen) atoms. The van der Waals surface area contributed by atoms with Gasteiger partial charge < -0.3 is 10.5 Å². The molecule has 0 aromatic heterocycles. The van der Waals surface area contributed by atoms with Crippen molar-refractivity contribution in [2.75, 3.05) is 39.3 Å². The van der Waals surface area contributed by atoms with E-state index in [-0.39, 0.29) is 0 Å². The second-order valence-electron chi connectivity index (χ2n) is 5.78. The molecule has 0 saturated carbocycles. The number of piperazine rings is 1. The van der Waals surface area contributed by atoms with Crippen LogP contribution >= 0.6 is 0 Å². The third kappa shape index (κ3) is 3.67. The maximum Gasteiger partial charge on any atom is 0.0706 e. The van der Waals surface area contributed by atoms with Gasteiger partial charge in [-0.3, -0.25) is 9.80 Å². The summed E-state index contributed by atoms with van der Waals surface area (Å²) in [5, 5.41) is 0. The standard InChI is InChI=1S/C14H29N3O/c1-3-13(10-15)17-8-6-16(7-9-17)11-14-5-4-12(2)18-14/h12-14H,3-11,15H2,1-2H3. The highest BCUT2D eigenvalue weighted by Crippen LogP contribution is 2.20. The topological polar surface area (TPSA) is 41.7 Å². The molecule has 0 aromatic carbocycles. The molecule has 2 aliphatic rings. The van der Waals surface area contributed by atoms with Gasteiger partial charge in [0.15, 0.2) is 0 Å². The van der Waals surface area contributed by atoms with Crippen LogP contribution in [0.25, 0.3) is 0 Å². The highest BCUT2D eigenvalue weighted by atomic mass is 16.5. The zero-order valence-electron chi connectivity index (χ0n) is 12.0. The molecule has 4 nitrogen and oxygen atoms in total. The minimum atomic E-state index is 0.470. The van der Waals surface area contributed by atoms with Crippen molar-refractivity contribution in [2.24, 2.45) is 5.73 Å². The highest BCUT2D eigenvalue weighted by Gasteiger charge is 2.27. The Morgan fingerprint density at radius 2 is 1.94 bits per heavy atom. The molecule has 2 rings (SSSR count). The predicted octanol–water partition coefficient (Wildman–Crippen LogP) is 0.909. The number of rotatable bonds is 5. The molecular formula is C14H29N3O. The first-order valence-electron chi connectivity index (χ1n) is 7.54. The van der Waals surface area contributed by atoms with E-state index in [4.69, 9.17) is 10.5 Å². The first-order valence-corrected chi connectivity index (χ1v) is 7.54. The molecule has 0 bridgehead atoms. The lowest BCUT2D eigenvalue weighted by atomic mass is 10.1. The van der Waals surface area contributed by atoms with Crippen LogP contribution in [0.3, 0.4) is 0 Å². The monoisotopic (exact) mass is 255 g/mol. The number of hydrogen-bond donors (Lipinski definition) is 1. The van der Waals surface area contributed by atoms with E-state index < -0.39 is 0 Å². The highest BCUT2D eigenvalue weighted by molar-refractivity contribution is 4.81. The van der Waals surface area contributed by atoms with Crippen LogP contribution in [0.1, 0.15) is 33.1 Å². The minimum absolute atomic E-state index is 0.470. The van der Waals surface area contributed by atoms with Crippen LogP contribution in [0.5, 0.6) is 0 Å². The molecule has 2 N–H and O–H groups in total. The number of hydrogen-bond acceptors (Lipinski definition) is 4. The summed E-state index contributed by atoms with van der Waals surface area (Å²) in [7, 11) is 0. The second-order valence-corrected chi connectivity index (χ2v) is 5.78. The lowest BCUT2D eigenvalue weighted by Crippen LogP contribution is -2.53. The Hall–Kier alpha value is -0.160. The van der Waals surface area contributed by atoms with Crippen molar-refractivity contribution in [2.45, 2.75) is 51.4 Å². The zero-order valence-corrected chi connectivity index (χ0v) is 12.0. The van der Waals surface area contributed by atoms with Crippen LogP contribution in [0.15, 0.2) is 0 Å². The molecule has 2 fully saturated rings. The fourth-order valence-corrected chi connectivity index (χ4v) is 3.19. The molecule has 2 aliphatic heterocycles. The number of ether oxygens (including phenoxy) is 1. The van der Waals surface area contributed by atoms with Gasteiger partial charge in [0.1, 0.15) is 0 Å². The summed E-state index contributed by atoms with van der Waals surface area (Å²) < 4.78 is 5.91. The first-order chi connectivity index (χ1) is 8.72. The summed E-state index contributed by atoms with van der Waals surface area (Å²) in [4.78, 5) is 5.11. The average molecular weight is 255 g/mol. The predicted molar refractivity (Wildman–Crippen MR) is 74.7 cm³/mol. The Kier molecular flexibility index (Phi) is 5.42. The van der Waals surface area contributed by atoms with Crippen molar-refractivity contribution < 1.29 is 4.74 Å². The van der Waals surface area contributed by atoms with Gasteiger partial charge >= 0.3 is 0 Å². The molecule has 2 heterocycles. The lowest BCUT2D eigenvalue weighted by Gasteiger charge is -2.39. The summed E-state index contributed by atoms with van der Waals surface area (Å²) in [6, 6.07) is 0.579. The van der Waals surface area contributed by atoms with Gasteiger partial charge in [-0.2, -0.15) is 0 Å². The van der Waals surface area contributed by atoms with Crippen LogP contribution in [-0.2, 0) is 4.74 Å². The first kappa shape index (κ1) is 14.3. The SMILES string of the molecule is CCC(CN)N1CCN(CC2CCC(C)O2)CC1. The van der Waals surface area contributed by atoms with Crippen LogP contribution in [-0.4, -0.2) is 67.3 Å². The molecule has 0 spiro atoms. The van der Waals surface area contributed by atoms with E-state index in [9.17, 15) is 0 Å². The third-order valence-electron chi connectivity index (χ3n) is 4.45. The van der Waals surface area contributed by atoms with Gasteiger partial charge in [0.2, 0.25) is 0 Å². The van der Waals surface area contributed by atoms with E-state index >= 15 is 0 Å². The van der Waals surface area contributed by atoms with Gasteiger partial charge in [-0.25, -0.2) is 0 Å². The summed E-state index contributed by atoms with van der Waals surface area (Å²) in [6.07, 6.45) is 4.58. The van der Waals surface area contributed by atoms with Crippen LogP contribution in [0.2, 0.25) is 0 Å². The van der Waals surface area contributed by atoms with Crippen molar-refractivity contribution in [3.63, 3.8) is 0 Å². The maximum absolute atomic E-state index is 5.91. The third-order valence-corrected chi connectivity index (χ3v) is 4.45. The molecule has 0 aliphatic carbocycles. The second kappa shape index (κ2) is 6.85. The fourth-order valence-electron chi connectivity index (χ4n) is 3.19. The van der Waals surface area contributed by atoms with Crippen molar-refractivity contribution in [3.8, 4) is 0 Å². The van der Waals surface area contributed by atoms with E-state index in [0.29, 0.717) is 18.2 Å². The molecule has 0 aromatic rings. The van der Waals surface area contributed by atoms with Gasteiger partial charge in [0.25, 0.3) is 0 Å². The largest absolute Gasteiger partial charge is 0.374 e. The summed E-state index contributed by atoms with van der Waals surface area (Å²) in [6.45, 7) is 11.0. The Morgan fingerprint density at radius 3 is 2.44 bits per heavy atom. The Morgan fingerprint density at radius 1 is 1.22 bits per heavy atom. The smallest absolute Gasteiger partial charge is 0.0706 e. The van der Waals surface area contributed by atoms with Crippen molar-refractivity contribution in [1.82, 2.24) is 9.80 Å². The normalized spacial score (nSPS) is 32.8. The van der Waals surface area contributed by atoms with Gasteiger partial charge in [-0.05, 0) is 26.2 Å². The van der Waals surface area contributed by atoms with Crippen molar-refractivity contribution in [3.05, 3.63) is 0 Å². The molecule has 106 valence electrons. The molecule has 3 atom stereocenters. The van der Waals surface area contributed by atoms with E-state index in [2.05, 4.69) is 23.6 Å². The Balaban J connectivity index is 1.70. The Bertz CT molecular complexity index is 237. The van der Waals surface area contributed by atoms with Crippen molar-refractivity contribution >= 4 is 0 Å². The van der Waals surface area contributed by atoms with Gasteiger partial charge in [0.05, 0.1) is 12.2 Å². The van der Waals surface area contributed by atoms with Crippen LogP contribution < -0.4 is 5.73 Å². The zero-order chi connectivity index (χ0) is 13.0. The number of nitrogens with zero attached hydrogens (tertiary/aromatic N) is 2.